The van der Waals surface area contributed by atoms with Gasteiger partial charge in [-0.2, -0.15) is 0 Å². The summed E-state index contributed by atoms with van der Waals surface area (Å²) in [4.78, 5) is 22.9. The van der Waals surface area contributed by atoms with E-state index in [1.54, 1.807) is 37.8 Å². The summed E-state index contributed by atoms with van der Waals surface area (Å²) in [7, 11) is -4.06. The highest BCUT2D eigenvalue weighted by atomic mass is 127. The number of fused-ring (bicyclic) bond motifs is 1. The highest BCUT2D eigenvalue weighted by Gasteiger charge is 2.29. The van der Waals surface area contributed by atoms with Crippen LogP contribution in [0.3, 0.4) is 0 Å². The van der Waals surface area contributed by atoms with Crippen LogP contribution in [0.5, 0.6) is 0 Å². The van der Waals surface area contributed by atoms with E-state index < -0.39 is 27.5 Å². The van der Waals surface area contributed by atoms with Crippen molar-refractivity contribution in [3.05, 3.63) is 70.5 Å². The lowest BCUT2D eigenvalue weighted by atomic mass is 10.1. The van der Waals surface area contributed by atoms with Gasteiger partial charge in [0, 0.05) is 42.5 Å². The first kappa shape index (κ1) is 32.0. The molecule has 0 unspecified atom stereocenters. The summed E-state index contributed by atoms with van der Waals surface area (Å²) in [5.41, 5.74) is 7.00. The smallest absolute Gasteiger partial charge is 0.410 e. The Morgan fingerprint density at radius 3 is 2.64 bits per heavy atom. The second kappa shape index (κ2) is 12.8. The Bertz CT molecular complexity index is 1650. The van der Waals surface area contributed by atoms with E-state index in [2.05, 4.69) is 15.3 Å². The van der Waals surface area contributed by atoms with Crippen molar-refractivity contribution in [3.8, 4) is 0 Å². The molecule has 10 nitrogen and oxygen atoms in total. The van der Waals surface area contributed by atoms with E-state index in [4.69, 9.17) is 22.1 Å². The molecule has 0 radical (unpaired) electrons. The number of amides is 1. The molecule has 226 valence electrons. The van der Waals surface area contributed by atoms with Gasteiger partial charge in [-0.15, -0.1) is 0 Å². The molecule has 3 aromatic rings. The van der Waals surface area contributed by atoms with E-state index in [0.717, 1.165) is 9.54 Å². The van der Waals surface area contributed by atoms with Crippen molar-refractivity contribution in [2.24, 2.45) is 10.7 Å². The number of hydrogen-bond acceptors (Lipinski definition) is 7. The summed E-state index contributed by atoms with van der Waals surface area (Å²) < 4.78 is 48.8. The number of aromatic nitrogens is 2. The zero-order valence-corrected chi connectivity index (χ0v) is 27.4. The zero-order chi connectivity index (χ0) is 30.8. The molecule has 4 rings (SSSR count). The lowest BCUT2D eigenvalue weighted by molar-refractivity contribution is 0.0190. The lowest BCUT2D eigenvalue weighted by Gasteiger charge is -2.34. The van der Waals surface area contributed by atoms with Crippen LogP contribution in [0.4, 0.5) is 9.18 Å². The summed E-state index contributed by atoms with van der Waals surface area (Å²) in [5.74, 6) is -0.792. The molecule has 0 saturated carbocycles. The predicted octanol–water partition coefficient (Wildman–Crippen LogP) is 5.50. The van der Waals surface area contributed by atoms with Crippen LogP contribution < -0.4 is 11.1 Å². The highest BCUT2D eigenvalue weighted by molar-refractivity contribution is 14.1. The predicted molar refractivity (Wildman–Crippen MR) is 170 cm³/mol. The molecular weight excluding hydrogens is 698 g/mol. The molecule has 1 saturated heterocycles. The Labute approximate surface area is 263 Å². The Kier molecular flexibility index (Phi) is 9.72. The summed E-state index contributed by atoms with van der Waals surface area (Å²) in [6.07, 6.45) is 3.56. The second-order valence-corrected chi connectivity index (χ2v) is 14.0. The molecule has 3 N–H and O–H groups in total. The van der Waals surface area contributed by atoms with Gasteiger partial charge in [0.25, 0.3) is 10.0 Å². The summed E-state index contributed by atoms with van der Waals surface area (Å²) >= 11 is 8.09. The number of nitrogens with two attached hydrogens (primary N) is 1. The number of nitrogens with zero attached hydrogens (tertiary/aromatic N) is 4. The van der Waals surface area contributed by atoms with Crippen LogP contribution >= 0.6 is 34.2 Å². The number of piperidine rings is 1. The summed E-state index contributed by atoms with van der Waals surface area (Å²) in [6, 6.07) is 7.64. The van der Waals surface area contributed by atoms with Gasteiger partial charge in [0.05, 0.1) is 14.3 Å². The number of rotatable bonds is 7. The summed E-state index contributed by atoms with van der Waals surface area (Å²) in [6.45, 7) is 8.06. The number of ether oxygens (including phenoxy) is 1. The first-order chi connectivity index (χ1) is 19.7. The molecule has 1 amide bonds. The van der Waals surface area contributed by atoms with Gasteiger partial charge in [0.1, 0.15) is 11.4 Å². The lowest BCUT2D eigenvalue weighted by Crippen LogP contribution is -2.49. The van der Waals surface area contributed by atoms with Crippen molar-refractivity contribution in [1.29, 1.82) is 0 Å². The van der Waals surface area contributed by atoms with Gasteiger partial charge in [-0.1, -0.05) is 51.9 Å². The van der Waals surface area contributed by atoms with Gasteiger partial charge in [0.15, 0.2) is 17.3 Å². The van der Waals surface area contributed by atoms with Crippen molar-refractivity contribution in [3.63, 3.8) is 0 Å². The molecule has 42 heavy (non-hydrogen) atoms. The number of aliphatic imine (C=N–C) groups is 1. The van der Waals surface area contributed by atoms with Crippen LogP contribution in [0.15, 0.2) is 64.3 Å². The fourth-order valence-corrected chi connectivity index (χ4v) is 6.30. The van der Waals surface area contributed by atoms with Gasteiger partial charge in [-0.05, 0) is 58.7 Å². The third kappa shape index (κ3) is 7.35. The Morgan fingerprint density at radius 1 is 1.31 bits per heavy atom. The Morgan fingerprint density at radius 2 is 2.00 bits per heavy atom. The van der Waals surface area contributed by atoms with E-state index in [0.29, 0.717) is 24.8 Å². The maximum absolute atomic E-state index is 15.1. The number of likely N-dealkylation sites (tertiary alicyclic amines) is 1. The van der Waals surface area contributed by atoms with Crippen LogP contribution in [-0.4, -0.2) is 63.4 Å². The quantitative estimate of drug-likeness (QED) is 0.142. The van der Waals surface area contributed by atoms with E-state index in [1.165, 1.54) is 30.6 Å². The number of carbonyl (C=O) groups is 1. The first-order valence-corrected chi connectivity index (χ1v) is 16.6. The van der Waals surface area contributed by atoms with Gasteiger partial charge < -0.3 is 20.7 Å². The molecule has 1 aliphatic heterocycles. The van der Waals surface area contributed by atoms with Crippen molar-refractivity contribution in [1.82, 2.24) is 19.2 Å². The normalized spacial score (nSPS) is 17.3. The number of nitrogens with one attached hydrogen (secondary N) is 1. The number of allylic oxidation sites excluding steroid dienone is 1. The monoisotopic (exact) mass is 730 g/mol. The Balaban J connectivity index is 1.69. The molecule has 14 heteroatoms. The van der Waals surface area contributed by atoms with Crippen molar-refractivity contribution in [2.45, 2.75) is 57.1 Å². The third-order valence-corrected chi connectivity index (χ3v) is 8.99. The fraction of sp³-hybridized carbons (Fsp3) is 0.393. The molecule has 1 aromatic carbocycles. The highest BCUT2D eigenvalue weighted by Crippen LogP contribution is 2.28. The number of aryl methyl sites for hydroxylation is 1. The maximum atomic E-state index is 15.1. The second-order valence-electron chi connectivity index (χ2n) is 11.0. The number of pyridine rings is 1. The average molecular weight is 731 g/mol. The molecular formula is C28H33ClFIN6O4S. The Hall–Kier alpha value is -2.91. The minimum Gasteiger partial charge on any atom is -0.444 e. The zero-order valence-electron chi connectivity index (χ0n) is 23.7. The topological polar surface area (TPSA) is 132 Å². The molecule has 0 aliphatic carbocycles. The minimum atomic E-state index is -4.06. The number of hydrogen-bond donors (Lipinski definition) is 2. The van der Waals surface area contributed by atoms with Gasteiger partial charge >= 0.3 is 6.09 Å². The van der Waals surface area contributed by atoms with Gasteiger partial charge in [0.2, 0.25) is 0 Å². The first-order valence-electron chi connectivity index (χ1n) is 13.2. The SMILES string of the molecule is Cc1ccc(S(=O)(=O)n2cc(/C(N)=N/C(N[C@H]3CCCN(C(=O)OC(C)(C)C)C3)=C(/F)CI)c3cc(Cl)cnc32)cc1. The maximum Gasteiger partial charge on any atom is 0.410 e. The van der Waals surface area contributed by atoms with E-state index in [9.17, 15) is 13.2 Å². The molecule has 0 spiro atoms. The minimum absolute atomic E-state index is 0.0102. The van der Waals surface area contributed by atoms with Crippen molar-refractivity contribution >= 4 is 67.2 Å². The number of halogens is 3. The molecule has 1 fully saturated rings. The summed E-state index contributed by atoms with van der Waals surface area (Å²) in [5, 5.41) is 3.70. The molecule has 0 bridgehead atoms. The molecule has 3 heterocycles. The van der Waals surface area contributed by atoms with Gasteiger partial charge in [-0.25, -0.2) is 31.6 Å². The third-order valence-electron chi connectivity index (χ3n) is 6.45. The van der Waals surface area contributed by atoms with Crippen LogP contribution in [0.1, 0.15) is 44.7 Å². The van der Waals surface area contributed by atoms with E-state index in [-0.39, 0.29) is 49.8 Å². The van der Waals surface area contributed by atoms with Crippen LogP contribution in [0.2, 0.25) is 5.02 Å². The number of amidine groups is 1. The van der Waals surface area contributed by atoms with Crippen LogP contribution in [0.25, 0.3) is 11.0 Å². The van der Waals surface area contributed by atoms with E-state index >= 15 is 4.39 Å². The average Bonchev–Trinajstić information content (AvgIpc) is 3.31. The standard InChI is InChI=1S/C28H33ClFIN6O4S/c1-17-7-9-20(10-8-17)42(39,40)37-16-22(21-12-18(29)14-33-26(21)37)24(32)35-25(23(30)13-31)34-19-6-5-11-36(15-19)27(38)41-28(2,3)4/h7-10,12,14,16,19,34H,5-6,11,13,15H2,1-4H3,(H2,32,35)/b25-23+/t19-/m0/s1. The van der Waals surface area contributed by atoms with Crippen LogP contribution in [0, 0.1) is 6.92 Å². The molecule has 1 aliphatic rings. The number of carbonyl (C=O) groups excluding carboxylic acids is 1. The van der Waals surface area contributed by atoms with Crippen LogP contribution in [-0.2, 0) is 14.8 Å². The number of alkyl halides is 1. The largest absolute Gasteiger partial charge is 0.444 e. The fourth-order valence-electron chi connectivity index (χ4n) is 4.46. The molecule has 1 atom stereocenters. The molecule has 2 aromatic heterocycles. The van der Waals surface area contributed by atoms with E-state index in [1.807, 2.05) is 29.5 Å². The van der Waals surface area contributed by atoms with Gasteiger partial charge in [-0.3, -0.25) is 0 Å². The number of benzene rings is 1. The van der Waals surface area contributed by atoms with Crippen molar-refractivity contribution in [2.75, 3.05) is 17.5 Å². The van der Waals surface area contributed by atoms with Crippen molar-refractivity contribution < 1.29 is 22.3 Å².